The minimum atomic E-state index is 0.550. The maximum atomic E-state index is 5.69. The second-order valence-electron chi connectivity index (χ2n) is 5.37. The molecule has 1 aliphatic carbocycles. The summed E-state index contributed by atoms with van der Waals surface area (Å²) < 4.78 is 6.65. The fraction of sp³-hybridized carbons (Fsp3) is 0.467. The number of rotatable bonds is 7. The average Bonchev–Trinajstić information content (AvgIpc) is 3.24. The van der Waals surface area contributed by atoms with Crippen molar-refractivity contribution >= 4 is 15.9 Å². The Balaban J connectivity index is 1.50. The van der Waals surface area contributed by atoms with Gasteiger partial charge in [-0.05, 0) is 48.0 Å². The number of likely N-dealkylation sites (N-methyl/N-ethyl adjacent to an activating group) is 1. The zero-order chi connectivity index (χ0) is 14.7. The summed E-state index contributed by atoms with van der Waals surface area (Å²) in [5, 5.41) is 11.5. The monoisotopic (exact) mass is 350 g/mol. The number of hydrogen-bond acceptors (Lipinski definition) is 5. The molecule has 2 aromatic rings. The molecule has 1 heterocycles. The Kier molecular flexibility index (Phi) is 4.67. The molecule has 1 aromatic carbocycles. The summed E-state index contributed by atoms with van der Waals surface area (Å²) in [6.45, 7) is 2.59. The Morgan fingerprint density at radius 3 is 2.90 bits per heavy atom. The third kappa shape index (κ3) is 3.90. The predicted molar refractivity (Wildman–Crippen MR) is 84.8 cm³/mol. The van der Waals surface area contributed by atoms with Gasteiger partial charge in [-0.3, -0.25) is 0 Å². The fourth-order valence-corrected chi connectivity index (χ4v) is 2.67. The second-order valence-corrected chi connectivity index (χ2v) is 6.22. The lowest BCUT2D eigenvalue weighted by molar-refractivity contribution is 0.318. The van der Waals surface area contributed by atoms with Gasteiger partial charge in [-0.2, -0.15) is 0 Å². The molecule has 0 saturated heterocycles. The van der Waals surface area contributed by atoms with E-state index in [1.54, 1.807) is 0 Å². The van der Waals surface area contributed by atoms with Crippen molar-refractivity contribution in [1.82, 2.24) is 20.4 Å². The topological polar surface area (TPSA) is 54.2 Å². The number of nitrogens with one attached hydrogen (secondary N) is 1. The van der Waals surface area contributed by atoms with E-state index in [0.29, 0.717) is 18.3 Å². The Bertz CT molecular complexity index is 597. The summed E-state index contributed by atoms with van der Waals surface area (Å²) in [7, 11) is 2.18. The number of nitrogens with zero attached hydrogens (tertiary/aromatic N) is 3. The smallest absolute Gasteiger partial charge is 0.248 e. The standard InChI is InChI=1S/C15H19BrN4O/c1-20(11-6-7-11)9-8-17-10-14-18-19-15(21-14)12-4-2-3-5-13(12)16/h2-5,11,17H,6-10H2,1H3. The molecule has 112 valence electrons. The normalized spacial score (nSPS) is 14.8. The first-order chi connectivity index (χ1) is 10.2. The first-order valence-electron chi connectivity index (χ1n) is 7.22. The molecule has 6 heteroatoms. The van der Waals surface area contributed by atoms with Crippen molar-refractivity contribution in [3.63, 3.8) is 0 Å². The van der Waals surface area contributed by atoms with E-state index >= 15 is 0 Å². The molecule has 1 saturated carbocycles. The van der Waals surface area contributed by atoms with Crippen LogP contribution in [0.25, 0.3) is 11.5 Å². The lowest BCUT2D eigenvalue weighted by Gasteiger charge is -2.15. The summed E-state index contributed by atoms with van der Waals surface area (Å²) in [6.07, 6.45) is 2.69. The predicted octanol–water partition coefficient (Wildman–Crippen LogP) is 2.68. The minimum Gasteiger partial charge on any atom is -0.419 e. The molecule has 0 atom stereocenters. The second kappa shape index (κ2) is 6.68. The van der Waals surface area contributed by atoms with Crippen molar-refractivity contribution in [2.45, 2.75) is 25.4 Å². The summed E-state index contributed by atoms with van der Waals surface area (Å²) in [5.41, 5.74) is 0.921. The van der Waals surface area contributed by atoms with Crippen LogP contribution in [0.15, 0.2) is 33.2 Å². The van der Waals surface area contributed by atoms with Crippen LogP contribution in [0.2, 0.25) is 0 Å². The summed E-state index contributed by atoms with van der Waals surface area (Å²) >= 11 is 3.49. The highest BCUT2D eigenvalue weighted by molar-refractivity contribution is 9.10. The average molecular weight is 351 g/mol. The molecule has 0 spiro atoms. The SMILES string of the molecule is CN(CCNCc1nnc(-c2ccccc2Br)o1)C1CC1. The lowest BCUT2D eigenvalue weighted by atomic mass is 10.2. The molecular formula is C15H19BrN4O. The van der Waals surface area contributed by atoms with Crippen LogP contribution in [0, 0.1) is 0 Å². The molecule has 5 nitrogen and oxygen atoms in total. The van der Waals surface area contributed by atoms with Gasteiger partial charge in [0.05, 0.1) is 12.1 Å². The molecule has 1 N–H and O–H groups in total. The molecular weight excluding hydrogens is 332 g/mol. The van der Waals surface area contributed by atoms with Crippen LogP contribution in [0.5, 0.6) is 0 Å². The van der Waals surface area contributed by atoms with Crippen LogP contribution in [0.4, 0.5) is 0 Å². The molecule has 3 rings (SSSR count). The first-order valence-corrected chi connectivity index (χ1v) is 8.01. The van der Waals surface area contributed by atoms with Crippen molar-refractivity contribution in [2.75, 3.05) is 20.1 Å². The molecule has 1 aliphatic rings. The van der Waals surface area contributed by atoms with Crippen molar-refractivity contribution in [2.24, 2.45) is 0 Å². The van der Waals surface area contributed by atoms with Gasteiger partial charge in [-0.1, -0.05) is 12.1 Å². The Hall–Kier alpha value is -1.24. The van der Waals surface area contributed by atoms with Crippen molar-refractivity contribution < 1.29 is 4.42 Å². The van der Waals surface area contributed by atoms with E-state index in [1.807, 2.05) is 24.3 Å². The quantitative estimate of drug-likeness (QED) is 0.778. The van der Waals surface area contributed by atoms with Crippen LogP contribution in [-0.2, 0) is 6.54 Å². The van der Waals surface area contributed by atoms with Gasteiger partial charge < -0.3 is 14.6 Å². The molecule has 0 aliphatic heterocycles. The Morgan fingerprint density at radius 1 is 1.33 bits per heavy atom. The van der Waals surface area contributed by atoms with E-state index in [1.165, 1.54) is 12.8 Å². The third-order valence-corrected chi connectivity index (χ3v) is 4.35. The lowest BCUT2D eigenvalue weighted by Crippen LogP contribution is -2.30. The van der Waals surface area contributed by atoms with Gasteiger partial charge in [0.2, 0.25) is 11.8 Å². The number of aromatic nitrogens is 2. The van der Waals surface area contributed by atoms with Crippen LogP contribution in [0.1, 0.15) is 18.7 Å². The maximum absolute atomic E-state index is 5.69. The van der Waals surface area contributed by atoms with Crippen LogP contribution in [-0.4, -0.2) is 41.3 Å². The highest BCUT2D eigenvalue weighted by Crippen LogP contribution is 2.26. The van der Waals surface area contributed by atoms with E-state index in [2.05, 4.69) is 43.4 Å². The van der Waals surface area contributed by atoms with Crippen LogP contribution >= 0.6 is 15.9 Å². The summed E-state index contributed by atoms with van der Waals surface area (Å²) in [4.78, 5) is 2.40. The van der Waals surface area contributed by atoms with E-state index in [-0.39, 0.29) is 0 Å². The molecule has 1 fully saturated rings. The van der Waals surface area contributed by atoms with Gasteiger partial charge in [0.25, 0.3) is 0 Å². The molecule has 0 bridgehead atoms. The van der Waals surface area contributed by atoms with Gasteiger partial charge in [0.1, 0.15) is 0 Å². The van der Waals surface area contributed by atoms with Crippen molar-refractivity contribution in [3.8, 4) is 11.5 Å². The van der Waals surface area contributed by atoms with Crippen LogP contribution < -0.4 is 5.32 Å². The Labute approximate surface area is 132 Å². The van der Waals surface area contributed by atoms with E-state index < -0.39 is 0 Å². The fourth-order valence-electron chi connectivity index (χ4n) is 2.22. The van der Waals surface area contributed by atoms with Gasteiger partial charge >= 0.3 is 0 Å². The Morgan fingerprint density at radius 2 is 2.14 bits per heavy atom. The van der Waals surface area contributed by atoms with Gasteiger partial charge in [0.15, 0.2) is 0 Å². The van der Waals surface area contributed by atoms with Crippen molar-refractivity contribution in [3.05, 3.63) is 34.6 Å². The third-order valence-electron chi connectivity index (χ3n) is 3.66. The van der Waals surface area contributed by atoms with E-state index in [0.717, 1.165) is 29.2 Å². The molecule has 1 aromatic heterocycles. The van der Waals surface area contributed by atoms with Crippen LogP contribution in [0.3, 0.4) is 0 Å². The minimum absolute atomic E-state index is 0.550. The van der Waals surface area contributed by atoms with Gasteiger partial charge in [-0.15, -0.1) is 10.2 Å². The zero-order valence-corrected chi connectivity index (χ0v) is 13.6. The van der Waals surface area contributed by atoms with Gasteiger partial charge in [-0.25, -0.2) is 0 Å². The number of hydrogen-bond donors (Lipinski definition) is 1. The molecule has 0 radical (unpaired) electrons. The summed E-state index contributed by atoms with van der Waals surface area (Å²) in [5.74, 6) is 1.17. The highest BCUT2D eigenvalue weighted by atomic mass is 79.9. The van der Waals surface area contributed by atoms with Crippen molar-refractivity contribution in [1.29, 1.82) is 0 Å². The molecule has 0 amide bonds. The maximum Gasteiger partial charge on any atom is 0.248 e. The van der Waals surface area contributed by atoms with E-state index in [9.17, 15) is 0 Å². The number of benzene rings is 1. The molecule has 21 heavy (non-hydrogen) atoms. The largest absolute Gasteiger partial charge is 0.419 e. The zero-order valence-electron chi connectivity index (χ0n) is 12.1. The summed E-state index contributed by atoms with van der Waals surface area (Å²) in [6, 6.07) is 8.64. The first kappa shape index (κ1) is 14.7. The molecule has 0 unspecified atom stereocenters. The number of halogens is 1. The van der Waals surface area contributed by atoms with Gasteiger partial charge in [0, 0.05) is 23.6 Å². The van der Waals surface area contributed by atoms with E-state index in [4.69, 9.17) is 4.42 Å². The highest BCUT2D eigenvalue weighted by Gasteiger charge is 2.25.